The number of ether oxygens (including phenoxy) is 2. The van der Waals surface area contributed by atoms with E-state index in [2.05, 4.69) is 20.9 Å². The number of halogens is 4. The first-order valence-corrected chi connectivity index (χ1v) is 13.7. The molecule has 1 aliphatic rings. The second kappa shape index (κ2) is 12.3. The Kier molecular flexibility index (Phi) is 9.18. The van der Waals surface area contributed by atoms with Crippen LogP contribution in [0.15, 0.2) is 69.0 Å². The minimum Gasteiger partial charge on any atom is -0.490 e. The average Bonchev–Trinajstić information content (AvgIpc) is 3.16. The molecule has 0 aromatic heterocycles. The van der Waals surface area contributed by atoms with Crippen LogP contribution in [-0.2, 0) is 11.4 Å². The van der Waals surface area contributed by atoms with Crippen molar-refractivity contribution in [3.63, 3.8) is 0 Å². The number of amidine groups is 1. The van der Waals surface area contributed by atoms with Gasteiger partial charge in [-0.15, -0.1) is 0 Å². The van der Waals surface area contributed by atoms with Gasteiger partial charge in [0.1, 0.15) is 12.4 Å². The molecule has 1 aliphatic heterocycles. The topological polar surface area (TPSA) is 51.1 Å². The summed E-state index contributed by atoms with van der Waals surface area (Å²) in [7, 11) is 0. The predicted octanol–water partition coefficient (Wildman–Crippen LogP) is 8.50. The van der Waals surface area contributed by atoms with Crippen molar-refractivity contribution in [3.8, 4) is 11.5 Å². The van der Waals surface area contributed by atoms with Gasteiger partial charge in [-0.1, -0.05) is 45.2 Å². The van der Waals surface area contributed by atoms with E-state index >= 15 is 0 Å². The number of benzene rings is 3. The van der Waals surface area contributed by atoms with Crippen molar-refractivity contribution in [2.45, 2.75) is 20.5 Å². The molecular formula is C27H22BrCl2FN2O3S. The zero-order chi connectivity index (χ0) is 26.5. The quantitative estimate of drug-likeness (QED) is 0.236. The maximum atomic E-state index is 13.3. The first kappa shape index (κ1) is 27.5. The van der Waals surface area contributed by atoms with Gasteiger partial charge in [0.25, 0.3) is 5.91 Å². The van der Waals surface area contributed by atoms with Gasteiger partial charge >= 0.3 is 0 Å². The molecule has 3 aromatic rings. The second-order valence-electron chi connectivity index (χ2n) is 7.81. The Hall–Kier alpha value is -2.52. The Morgan fingerprint density at radius 3 is 2.46 bits per heavy atom. The SMILES string of the molecule is CCOc1cc(/C=C2/SC(=Nc3ccc(F)cc3)N(CC)C2=O)c(Br)cc1OCc1ccc(Cl)cc1Cl. The summed E-state index contributed by atoms with van der Waals surface area (Å²) in [5, 5.41) is 1.60. The number of nitrogens with zero attached hydrogens (tertiary/aromatic N) is 2. The number of carbonyl (C=O) groups is 1. The highest BCUT2D eigenvalue weighted by Gasteiger charge is 2.32. The van der Waals surface area contributed by atoms with Crippen molar-refractivity contribution in [2.24, 2.45) is 4.99 Å². The van der Waals surface area contributed by atoms with E-state index in [-0.39, 0.29) is 18.3 Å². The van der Waals surface area contributed by atoms with Gasteiger partial charge in [-0.3, -0.25) is 9.69 Å². The molecule has 0 aliphatic carbocycles. The zero-order valence-electron chi connectivity index (χ0n) is 19.9. The fourth-order valence-electron chi connectivity index (χ4n) is 3.47. The van der Waals surface area contributed by atoms with E-state index in [9.17, 15) is 9.18 Å². The highest BCUT2D eigenvalue weighted by atomic mass is 79.9. The largest absolute Gasteiger partial charge is 0.490 e. The minimum atomic E-state index is -0.342. The number of rotatable bonds is 8. The summed E-state index contributed by atoms with van der Waals surface area (Å²) in [5.74, 6) is 0.563. The predicted molar refractivity (Wildman–Crippen MR) is 153 cm³/mol. The van der Waals surface area contributed by atoms with Crippen molar-refractivity contribution >= 4 is 73.7 Å². The number of amides is 1. The van der Waals surface area contributed by atoms with Crippen molar-refractivity contribution in [2.75, 3.05) is 13.2 Å². The molecule has 37 heavy (non-hydrogen) atoms. The van der Waals surface area contributed by atoms with E-state index in [1.807, 2.05) is 26.0 Å². The molecule has 3 aromatic carbocycles. The fourth-order valence-corrected chi connectivity index (χ4v) is 5.43. The van der Waals surface area contributed by atoms with Crippen molar-refractivity contribution in [1.82, 2.24) is 4.90 Å². The lowest BCUT2D eigenvalue weighted by Gasteiger charge is -2.15. The van der Waals surface area contributed by atoms with Crippen LogP contribution in [0.3, 0.4) is 0 Å². The number of hydrogen-bond acceptors (Lipinski definition) is 5. The number of aliphatic imine (C=N–C) groups is 1. The van der Waals surface area contributed by atoms with E-state index < -0.39 is 0 Å². The minimum absolute atomic E-state index is 0.157. The Labute approximate surface area is 237 Å². The highest BCUT2D eigenvalue weighted by molar-refractivity contribution is 9.10. The van der Waals surface area contributed by atoms with Crippen LogP contribution in [0.25, 0.3) is 6.08 Å². The van der Waals surface area contributed by atoms with Gasteiger partial charge < -0.3 is 9.47 Å². The summed E-state index contributed by atoms with van der Waals surface area (Å²) < 4.78 is 25.8. The van der Waals surface area contributed by atoms with Gasteiger partial charge in [0.05, 0.1) is 17.2 Å². The standard InChI is InChI=1S/C27H22BrCl2FN2O3S/c1-3-33-26(34)25(37-27(33)32-20-9-7-19(31)8-10-20)12-17-11-23(35-4-2)24(14-21(17)28)36-15-16-5-6-18(29)13-22(16)30/h5-14H,3-4,15H2,1-2H3/b25-12+,32-27?. The highest BCUT2D eigenvalue weighted by Crippen LogP contribution is 2.39. The third-order valence-electron chi connectivity index (χ3n) is 5.30. The summed E-state index contributed by atoms with van der Waals surface area (Å²) in [6.45, 7) is 4.87. The maximum Gasteiger partial charge on any atom is 0.266 e. The molecule has 0 bridgehead atoms. The molecule has 1 saturated heterocycles. The first-order valence-electron chi connectivity index (χ1n) is 11.4. The number of carbonyl (C=O) groups excluding carboxylic acids is 1. The van der Waals surface area contributed by atoms with Gasteiger partial charge in [0.15, 0.2) is 16.7 Å². The number of likely N-dealkylation sites (N-methyl/N-ethyl adjacent to an activating group) is 1. The monoisotopic (exact) mass is 622 g/mol. The van der Waals surface area contributed by atoms with Gasteiger partial charge in [-0.05, 0) is 85.8 Å². The summed E-state index contributed by atoms with van der Waals surface area (Å²) in [5.41, 5.74) is 2.10. The Bertz CT molecular complexity index is 1380. The van der Waals surface area contributed by atoms with Crippen LogP contribution < -0.4 is 9.47 Å². The zero-order valence-corrected chi connectivity index (χ0v) is 23.8. The van der Waals surface area contributed by atoms with Gasteiger partial charge in [-0.2, -0.15) is 0 Å². The van der Waals surface area contributed by atoms with E-state index in [1.54, 1.807) is 41.3 Å². The molecule has 0 spiro atoms. The lowest BCUT2D eigenvalue weighted by atomic mass is 10.1. The molecule has 1 amide bonds. The number of hydrogen-bond donors (Lipinski definition) is 0. The fraction of sp³-hybridized carbons (Fsp3) is 0.185. The van der Waals surface area contributed by atoms with E-state index in [0.29, 0.717) is 50.5 Å². The molecule has 0 unspecified atom stereocenters. The van der Waals surface area contributed by atoms with Gasteiger partial charge in [-0.25, -0.2) is 9.38 Å². The molecule has 4 rings (SSSR count). The van der Waals surface area contributed by atoms with Crippen molar-refractivity contribution in [3.05, 3.63) is 91.0 Å². The maximum absolute atomic E-state index is 13.3. The van der Waals surface area contributed by atoms with E-state index in [4.69, 9.17) is 32.7 Å². The normalized spacial score (nSPS) is 15.6. The number of thioether (sulfide) groups is 1. The Balaban J connectivity index is 1.61. The summed E-state index contributed by atoms with van der Waals surface area (Å²) in [6, 6.07) is 14.7. The molecule has 192 valence electrons. The van der Waals surface area contributed by atoms with Gasteiger partial charge in [0.2, 0.25) is 0 Å². The lowest BCUT2D eigenvalue weighted by Crippen LogP contribution is -2.28. The summed E-state index contributed by atoms with van der Waals surface area (Å²) in [6.07, 6.45) is 1.79. The molecule has 0 saturated carbocycles. The molecule has 5 nitrogen and oxygen atoms in total. The second-order valence-corrected chi connectivity index (χ2v) is 10.5. The van der Waals surface area contributed by atoms with Crippen molar-refractivity contribution in [1.29, 1.82) is 0 Å². The molecule has 1 heterocycles. The molecule has 10 heteroatoms. The van der Waals surface area contributed by atoms with Crippen LogP contribution in [0.2, 0.25) is 10.0 Å². The van der Waals surface area contributed by atoms with Crippen LogP contribution in [0.1, 0.15) is 25.0 Å². The Morgan fingerprint density at radius 2 is 1.78 bits per heavy atom. The van der Waals surface area contributed by atoms with Crippen LogP contribution >= 0.6 is 50.9 Å². The summed E-state index contributed by atoms with van der Waals surface area (Å²) in [4.78, 5) is 19.7. The third-order valence-corrected chi connectivity index (χ3v) is 7.58. The molecular weight excluding hydrogens is 602 g/mol. The van der Waals surface area contributed by atoms with Crippen LogP contribution in [0.5, 0.6) is 11.5 Å². The smallest absolute Gasteiger partial charge is 0.266 e. The molecule has 0 N–H and O–H groups in total. The molecule has 1 fully saturated rings. The van der Waals surface area contributed by atoms with Crippen LogP contribution in [0, 0.1) is 5.82 Å². The van der Waals surface area contributed by atoms with Crippen molar-refractivity contribution < 1.29 is 18.7 Å². The molecule has 0 atom stereocenters. The van der Waals surface area contributed by atoms with Gasteiger partial charge in [0, 0.05) is 26.6 Å². The van der Waals surface area contributed by atoms with Crippen LogP contribution in [0.4, 0.5) is 10.1 Å². The van der Waals surface area contributed by atoms with E-state index in [0.717, 1.165) is 15.6 Å². The lowest BCUT2D eigenvalue weighted by molar-refractivity contribution is -0.122. The molecule has 0 radical (unpaired) electrons. The third kappa shape index (κ3) is 6.68. The average molecular weight is 624 g/mol. The van der Waals surface area contributed by atoms with Crippen LogP contribution in [-0.4, -0.2) is 29.1 Å². The first-order chi connectivity index (χ1) is 17.8. The Morgan fingerprint density at radius 1 is 1.05 bits per heavy atom. The van der Waals surface area contributed by atoms with E-state index in [1.165, 1.54) is 23.9 Å². The summed E-state index contributed by atoms with van der Waals surface area (Å²) >= 11 is 17.1.